The fraction of sp³-hybridized carbons (Fsp3) is 0.714. The fourth-order valence-corrected chi connectivity index (χ4v) is 2.66. The second kappa shape index (κ2) is 7.77. The second-order valence-corrected chi connectivity index (χ2v) is 5.69. The molecule has 2 rings (SSSR count). The van der Waals surface area contributed by atoms with Crippen LogP contribution in [0.15, 0.2) is 9.98 Å². The van der Waals surface area contributed by atoms with Gasteiger partial charge in [0.05, 0.1) is 0 Å². The summed E-state index contributed by atoms with van der Waals surface area (Å²) in [5.41, 5.74) is 11.3. The van der Waals surface area contributed by atoms with Gasteiger partial charge >= 0.3 is 0 Å². The number of guanidine groups is 2. The number of aliphatic imine (C=N–C) groups is 2. The minimum atomic E-state index is -0.152. The van der Waals surface area contributed by atoms with Crippen molar-refractivity contribution in [2.24, 2.45) is 21.5 Å². The van der Waals surface area contributed by atoms with Crippen molar-refractivity contribution < 1.29 is 9.59 Å². The number of nitrogens with zero attached hydrogens (tertiary/aromatic N) is 4. The summed E-state index contributed by atoms with van der Waals surface area (Å²) in [5.74, 6) is 0.398. The Morgan fingerprint density at radius 2 is 1.09 bits per heavy atom. The number of hydrogen-bond acceptors (Lipinski definition) is 6. The van der Waals surface area contributed by atoms with Gasteiger partial charge in [-0.1, -0.05) is 25.7 Å². The molecule has 0 atom stereocenters. The van der Waals surface area contributed by atoms with Gasteiger partial charge in [0.15, 0.2) is 11.9 Å². The molecule has 8 nitrogen and oxygen atoms in total. The zero-order valence-corrected chi connectivity index (χ0v) is 12.8. The van der Waals surface area contributed by atoms with E-state index in [1.807, 2.05) is 9.80 Å². The predicted octanol–water partition coefficient (Wildman–Crippen LogP) is -0.359. The van der Waals surface area contributed by atoms with Crippen molar-refractivity contribution in [1.82, 2.24) is 9.80 Å². The Labute approximate surface area is 130 Å². The van der Waals surface area contributed by atoms with E-state index >= 15 is 0 Å². The first kappa shape index (κ1) is 16.3. The summed E-state index contributed by atoms with van der Waals surface area (Å²) in [7, 11) is 0. The maximum atomic E-state index is 11.1. The minimum Gasteiger partial charge on any atom is -0.369 e. The molecule has 0 spiro atoms. The second-order valence-electron chi connectivity index (χ2n) is 5.69. The van der Waals surface area contributed by atoms with Gasteiger partial charge in [0.2, 0.25) is 0 Å². The van der Waals surface area contributed by atoms with Crippen molar-refractivity contribution >= 4 is 23.7 Å². The highest BCUT2D eigenvalue weighted by atomic mass is 16.2. The maximum absolute atomic E-state index is 11.1. The number of nitrogens with two attached hydrogens (primary N) is 2. The Balaban J connectivity index is 1.44. The van der Waals surface area contributed by atoms with E-state index in [0.717, 1.165) is 51.6 Å². The van der Waals surface area contributed by atoms with Crippen LogP contribution in [0.2, 0.25) is 0 Å². The third-order valence-electron chi connectivity index (χ3n) is 3.88. The van der Waals surface area contributed by atoms with E-state index in [2.05, 4.69) is 9.98 Å². The molecule has 2 aliphatic heterocycles. The summed E-state index contributed by atoms with van der Waals surface area (Å²) < 4.78 is 0. The van der Waals surface area contributed by atoms with Gasteiger partial charge in [-0.05, 0) is 12.8 Å². The molecular formula is C14H24N6O2. The van der Waals surface area contributed by atoms with E-state index in [0.29, 0.717) is 25.0 Å². The first-order valence-corrected chi connectivity index (χ1v) is 7.80. The van der Waals surface area contributed by atoms with Gasteiger partial charge in [-0.15, -0.1) is 0 Å². The molecule has 0 aromatic heterocycles. The normalized spacial score (nSPS) is 18.2. The Morgan fingerprint density at radius 3 is 1.41 bits per heavy atom. The molecule has 0 saturated heterocycles. The van der Waals surface area contributed by atoms with Crippen LogP contribution in [-0.2, 0) is 9.59 Å². The van der Waals surface area contributed by atoms with Crippen molar-refractivity contribution in [3.05, 3.63) is 0 Å². The monoisotopic (exact) mass is 308 g/mol. The van der Waals surface area contributed by atoms with Gasteiger partial charge in [0.1, 0.15) is 13.1 Å². The molecule has 2 aliphatic rings. The SMILES string of the molecule is NC1=NC(=O)CN1CCCCCCCCN1CC(=O)N=C1N. The Kier molecular flexibility index (Phi) is 5.74. The lowest BCUT2D eigenvalue weighted by atomic mass is 10.1. The molecule has 0 saturated carbocycles. The lowest BCUT2D eigenvalue weighted by Gasteiger charge is -2.16. The van der Waals surface area contributed by atoms with Gasteiger partial charge in [-0.3, -0.25) is 9.59 Å². The van der Waals surface area contributed by atoms with E-state index in [1.54, 1.807) is 0 Å². The van der Waals surface area contributed by atoms with Crippen molar-refractivity contribution in [2.45, 2.75) is 38.5 Å². The van der Waals surface area contributed by atoms with Crippen LogP contribution >= 0.6 is 0 Å². The molecule has 2 heterocycles. The Bertz CT molecular complexity index is 444. The van der Waals surface area contributed by atoms with E-state index in [4.69, 9.17) is 11.5 Å². The van der Waals surface area contributed by atoms with Gasteiger partial charge in [-0.25, -0.2) is 0 Å². The number of unbranched alkanes of at least 4 members (excludes halogenated alkanes) is 5. The third-order valence-corrected chi connectivity index (χ3v) is 3.88. The molecule has 122 valence electrons. The quantitative estimate of drug-likeness (QED) is 0.562. The molecule has 0 bridgehead atoms. The highest BCUT2D eigenvalue weighted by molar-refractivity contribution is 6.00. The number of amides is 2. The largest absolute Gasteiger partial charge is 0.369 e. The molecule has 2 amide bonds. The summed E-state index contributed by atoms with van der Waals surface area (Å²) in [6.45, 7) is 2.24. The standard InChI is InChI=1S/C14H24N6O2/c15-13-17-11(21)9-19(13)7-5-3-1-2-4-6-8-20-10-12(22)18-14(20)16/h1-10H2,(H2,15,17,21)(H2,16,18,22). The van der Waals surface area contributed by atoms with E-state index in [9.17, 15) is 9.59 Å². The molecule has 0 aromatic carbocycles. The summed E-state index contributed by atoms with van der Waals surface area (Å²) in [5, 5.41) is 0. The van der Waals surface area contributed by atoms with Crippen LogP contribution in [0.4, 0.5) is 0 Å². The third kappa shape index (κ3) is 4.71. The summed E-state index contributed by atoms with van der Waals surface area (Å²) in [6, 6.07) is 0. The minimum absolute atomic E-state index is 0.152. The van der Waals surface area contributed by atoms with Crippen LogP contribution in [0, 0.1) is 0 Å². The van der Waals surface area contributed by atoms with Crippen LogP contribution in [-0.4, -0.2) is 59.7 Å². The molecule has 0 radical (unpaired) electrons. The summed E-state index contributed by atoms with van der Waals surface area (Å²) in [4.78, 5) is 33.2. The van der Waals surface area contributed by atoms with Crippen molar-refractivity contribution in [2.75, 3.05) is 26.2 Å². The molecule has 22 heavy (non-hydrogen) atoms. The van der Waals surface area contributed by atoms with Crippen molar-refractivity contribution in [1.29, 1.82) is 0 Å². The van der Waals surface area contributed by atoms with Crippen molar-refractivity contribution in [3.8, 4) is 0 Å². The molecule has 0 aliphatic carbocycles. The number of carbonyl (C=O) groups is 2. The van der Waals surface area contributed by atoms with Gasteiger partial charge in [0, 0.05) is 13.1 Å². The lowest BCUT2D eigenvalue weighted by Crippen LogP contribution is -2.35. The predicted molar refractivity (Wildman–Crippen MR) is 84.1 cm³/mol. The maximum Gasteiger partial charge on any atom is 0.268 e. The Hall–Kier alpha value is -2.12. The molecule has 8 heteroatoms. The highest BCUT2D eigenvalue weighted by Crippen LogP contribution is 2.09. The zero-order valence-electron chi connectivity index (χ0n) is 12.8. The molecule has 0 fully saturated rings. The zero-order chi connectivity index (χ0) is 15.9. The average Bonchev–Trinajstić information content (AvgIpc) is 2.94. The van der Waals surface area contributed by atoms with Crippen LogP contribution in [0.25, 0.3) is 0 Å². The first-order valence-electron chi connectivity index (χ1n) is 7.80. The number of carbonyl (C=O) groups excluding carboxylic acids is 2. The Morgan fingerprint density at radius 1 is 0.727 bits per heavy atom. The van der Waals surface area contributed by atoms with E-state index in [-0.39, 0.29) is 11.8 Å². The van der Waals surface area contributed by atoms with Crippen LogP contribution < -0.4 is 11.5 Å². The smallest absolute Gasteiger partial charge is 0.268 e. The topological polar surface area (TPSA) is 117 Å². The molecule has 0 aromatic rings. The van der Waals surface area contributed by atoms with Crippen LogP contribution in [0.1, 0.15) is 38.5 Å². The van der Waals surface area contributed by atoms with Gasteiger partial charge in [-0.2, -0.15) is 9.98 Å². The number of hydrogen-bond donors (Lipinski definition) is 2. The van der Waals surface area contributed by atoms with Gasteiger partial charge < -0.3 is 21.3 Å². The summed E-state index contributed by atoms with van der Waals surface area (Å²) in [6.07, 6.45) is 6.57. The van der Waals surface area contributed by atoms with E-state index < -0.39 is 0 Å². The average molecular weight is 308 g/mol. The summed E-state index contributed by atoms with van der Waals surface area (Å²) >= 11 is 0. The molecular weight excluding hydrogens is 284 g/mol. The first-order chi connectivity index (χ1) is 10.6. The molecule has 0 unspecified atom stereocenters. The van der Waals surface area contributed by atoms with Crippen LogP contribution in [0.5, 0.6) is 0 Å². The van der Waals surface area contributed by atoms with Gasteiger partial charge in [0.25, 0.3) is 11.8 Å². The van der Waals surface area contributed by atoms with E-state index in [1.165, 1.54) is 0 Å². The van der Waals surface area contributed by atoms with Crippen LogP contribution in [0.3, 0.4) is 0 Å². The fourth-order valence-electron chi connectivity index (χ4n) is 2.66. The number of rotatable bonds is 9. The molecule has 4 N–H and O–H groups in total. The highest BCUT2D eigenvalue weighted by Gasteiger charge is 2.20. The van der Waals surface area contributed by atoms with Crippen molar-refractivity contribution in [3.63, 3.8) is 0 Å². The lowest BCUT2D eigenvalue weighted by molar-refractivity contribution is -0.117.